The van der Waals surface area contributed by atoms with Crippen LogP contribution in [0.2, 0.25) is 0 Å². The molecule has 3 aliphatic rings. The molecule has 0 aromatic rings. The van der Waals surface area contributed by atoms with Gasteiger partial charge >= 0.3 is 0 Å². The zero-order chi connectivity index (χ0) is 15.5. The Hall–Kier alpha value is -1.10. The number of nitrogens with two attached hydrogens (primary N) is 1. The van der Waals surface area contributed by atoms with E-state index in [1.165, 1.54) is 32.1 Å². The maximum atomic E-state index is 12.6. The van der Waals surface area contributed by atoms with Crippen LogP contribution < -0.4 is 11.1 Å². The number of carbonyl (C=O) groups is 2. The van der Waals surface area contributed by atoms with E-state index in [2.05, 4.69) is 5.32 Å². The van der Waals surface area contributed by atoms with Crippen molar-refractivity contribution in [3.05, 3.63) is 0 Å². The highest BCUT2D eigenvalue weighted by atomic mass is 16.2. The van der Waals surface area contributed by atoms with Gasteiger partial charge in [0.25, 0.3) is 0 Å². The zero-order valence-corrected chi connectivity index (χ0v) is 13.4. The van der Waals surface area contributed by atoms with Gasteiger partial charge in [-0.05, 0) is 43.9 Å². The highest BCUT2D eigenvalue weighted by Crippen LogP contribution is 2.40. The molecule has 4 atom stereocenters. The van der Waals surface area contributed by atoms with Crippen molar-refractivity contribution in [1.82, 2.24) is 10.2 Å². The van der Waals surface area contributed by atoms with Crippen LogP contribution in [0.1, 0.15) is 57.8 Å². The number of amides is 2. The Morgan fingerprint density at radius 1 is 1.00 bits per heavy atom. The number of likely N-dealkylation sites (tertiary alicyclic amines) is 1. The van der Waals surface area contributed by atoms with Crippen LogP contribution in [0.5, 0.6) is 0 Å². The fourth-order valence-corrected chi connectivity index (χ4v) is 4.76. The maximum Gasteiger partial charge on any atom is 0.243 e. The van der Waals surface area contributed by atoms with Crippen LogP contribution in [0.25, 0.3) is 0 Å². The van der Waals surface area contributed by atoms with Crippen molar-refractivity contribution in [2.75, 3.05) is 13.1 Å². The van der Waals surface area contributed by atoms with Crippen LogP contribution in [-0.2, 0) is 9.59 Å². The molecule has 22 heavy (non-hydrogen) atoms. The minimum Gasteiger partial charge on any atom is -0.352 e. The molecule has 1 aliphatic heterocycles. The summed E-state index contributed by atoms with van der Waals surface area (Å²) in [7, 11) is 0. The van der Waals surface area contributed by atoms with Crippen molar-refractivity contribution >= 4 is 11.8 Å². The molecule has 5 heteroatoms. The van der Waals surface area contributed by atoms with Gasteiger partial charge < -0.3 is 16.0 Å². The summed E-state index contributed by atoms with van der Waals surface area (Å²) in [6.07, 6.45) is 10.6. The number of hydrogen-bond acceptors (Lipinski definition) is 3. The predicted molar refractivity (Wildman–Crippen MR) is 85.0 cm³/mol. The first kappa shape index (κ1) is 15.8. The molecule has 3 fully saturated rings. The average Bonchev–Trinajstić information content (AvgIpc) is 3.03. The Labute approximate surface area is 133 Å². The molecule has 1 saturated heterocycles. The van der Waals surface area contributed by atoms with Gasteiger partial charge in [-0.2, -0.15) is 0 Å². The van der Waals surface area contributed by atoms with E-state index in [1.807, 2.05) is 0 Å². The van der Waals surface area contributed by atoms with Crippen molar-refractivity contribution < 1.29 is 9.59 Å². The lowest BCUT2D eigenvalue weighted by Crippen LogP contribution is -2.51. The number of fused-ring (bicyclic) bond motifs is 1. The van der Waals surface area contributed by atoms with Crippen molar-refractivity contribution in [1.29, 1.82) is 0 Å². The van der Waals surface area contributed by atoms with Crippen LogP contribution in [0.4, 0.5) is 0 Å². The normalized spacial score (nSPS) is 35.0. The van der Waals surface area contributed by atoms with E-state index in [1.54, 1.807) is 4.90 Å². The monoisotopic (exact) mass is 307 g/mol. The van der Waals surface area contributed by atoms with E-state index in [4.69, 9.17) is 5.73 Å². The van der Waals surface area contributed by atoms with Crippen molar-refractivity contribution in [3.8, 4) is 0 Å². The Morgan fingerprint density at radius 2 is 1.77 bits per heavy atom. The molecule has 4 unspecified atom stereocenters. The molecule has 0 radical (unpaired) electrons. The van der Waals surface area contributed by atoms with Crippen LogP contribution in [0.15, 0.2) is 0 Å². The average molecular weight is 307 g/mol. The molecule has 3 rings (SSSR count). The minimum atomic E-state index is -0.292. The van der Waals surface area contributed by atoms with Crippen molar-refractivity contribution in [2.24, 2.45) is 17.6 Å². The lowest BCUT2D eigenvalue weighted by molar-refractivity contribution is -0.137. The van der Waals surface area contributed by atoms with Crippen molar-refractivity contribution in [2.45, 2.75) is 69.9 Å². The van der Waals surface area contributed by atoms with E-state index in [0.717, 1.165) is 37.5 Å². The Morgan fingerprint density at radius 3 is 2.55 bits per heavy atom. The minimum absolute atomic E-state index is 0.00301. The lowest BCUT2D eigenvalue weighted by atomic mass is 9.69. The van der Waals surface area contributed by atoms with Gasteiger partial charge in [0.15, 0.2) is 0 Å². The Bertz CT molecular complexity index is 426. The summed E-state index contributed by atoms with van der Waals surface area (Å²) in [4.78, 5) is 26.1. The summed E-state index contributed by atoms with van der Waals surface area (Å²) < 4.78 is 0. The summed E-state index contributed by atoms with van der Waals surface area (Å²) in [5.41, 5.74) is 5.45. The second-order valence-electron chi connectivity index (χ2n) is 7.27. The van der Waals surface area contributed by atoms with E-state index < -0.39 is 0 Å². The predicted octanol–water partition coefficient (Wildman–Crippen LogP) is 1.41. The van der Waals surface area contributed by atoms with Gasteiger partial charge in [0.05, 0.1) is 6.54 Å². The molecule has 0 aromatic carbocycles. The fraction of sp³-hybridized carbons (Fsp3) is 0.882. The van der Waals surface area contributed by atoms with Gasteiger partial charge in [0.2, 0.25) is 11.8 Å². The highest BCUT2D eigenvalue weighted by Gasteiger charge is 2.37. The van der Waals surface area contributed by atoms with Gasteiger partial charge in [-0.3, -0.25) is 9.59 Å². The molecule has 1 heterocycles. The highest BCUT2D eigenvalue weighted by molar-refractivity contribution is 5.89. The summed E-state index contributed by atoms with van der Waals surface area (Å²) in [5.74, 6) is 1.63. The summed E-state index contributed by atoms with van der Waals surface area (Å²) in [6, 6.07) is 0.0161. The molecule has 0 spiro atoms. The molecule has 2 saturated carbocycles. The summed E-state index contributed by atoms with van der Waals surface area (Å²) in [5, 5.41) is 3.23. The van der Waals surface area contributed by atoms with E-state index in [0.29, 0.717) is 12.6 Å². The number of hydrogen-bond donors (Lipinski definition) is 2. The first-order valence-corrected chi connectivity index (χ1v) is 8.99. The van der Waals surface area contributed by atoms with Crippen molar-refractivity contribution in [3.63, 3.8) is 0 Å². The third-order valence-corrected chi connectivity index (χ3v) is 5.94. The Balaban J connectivity index is 1.54. The number of nitrogens with one attached hydrogen (secondary N) is 1. The quantitative estimate of drug-likeness (QED) is 0.828. The lowest BCUT2D eigenvalue weighted by Gasteiger charge is -2.40. The molecular formula is C17H29N3O2. The summed E-state index contributed by atoms with van der Waals surface area (Å²) in [6.45, 7) is 0.667. The van der Waals surface area contributed by atoms with Gasteiger partial charge in [0, 0.05) is 12.6 Å². The van der Waals surface area contributed by atoms with Crippen LogP contribution in [0.3, 0.4) is 0 Å². The van der Waals surface area contributed by atoms with Crippen LogP contribution >= 0.6 is 0 Å². The third-order valence-electron chi connectivity index (χ3n) is 5.94. The fourth-order valence-electron chi connectivity index (χ4n) is 4.76. The smallest absolute Gasteiger partial charge is 0.243 e. The maximum absolute atomic E-state index is 12.6. The third kappa shape index (κ3) is 3.29. The molecular weight excluding hydrogens is 278 g/mol. The first-order chi connectivity index (χ1) is 10.7. The van der Waals surface area contributed by atoms with Crippen LogP contribution in [0, 0.1) is 11.8 Å². The summed E-state index contributed by atoms with van der Waals surface area (Å²) >= 11 is 0. The largest absolute Gasteiger partial charge is 0.352 e. The number of rotatable bonds is 3. The van der Waals surface area contributed by atoms with Gasteiger partial charge in [0.1, 0.15) is 6.04 Å². The SMILES string of the molecule is NCC(=O)N1CCCC1C(=O)NC1CCC2CCCCC2C1. The first-order valence-electron chi connectivity index (χ1n) is 8.99. The molecule has 2 aliphatic carbocycles. The van der Waals surface area contributed by atoms with Gasteiger partial charge in [-0.1, -0.05) is 25.7 Å². The molecule has 124 valence electrons. The van der Waals surface area contributed by atoms with E-state index in [9.17, 15) is 9.59 Å². The number of nitrogens with zero attached hydrogens (tertiary/aromatic N) is 1. The Kier molecular flexibility index (Phi) is 5.01. The van der Waals surface area contributed by atoms with Gasteiger partial charge in [-0.15, -0.1) is 0 Å². The molecule has 0 aromatic heterocycles. The van der Waals surface area contributed by atoms with E-state index in [-0.39, 0.29) is 24.4 Å². The molecule has 0 bridgehead atoms. The van der Waals surface area contributed by atoms with E-state index >= 15 is 0 Å². The van der Waals surface area contributed by atoms with Gasteiger partial charge in [-0.25, -0.2) is 0 Å². The number of carbonyl (C=O) groups excluding carboxylic acids is 2. The standard InChI is InChI=1S/C17H29N3O2/c18-11-16(21)20-9-3-6-15(20)17(22)19-14-8-7-12-4-1-2-5-13(12)10-14/h12-15H,1-11,18H2,(H,19,22). The molecule has 3 N–H and O–H groups in total. The molecule has 2 amide bonds. The second kappa shape index (κ2) is 6.99. The second-order valence-corrected chi connectivity index (χ2v) is 7.27. The van der Waals surface area contributed by atoms with Crippen LogP contribution in [-0.4, -0.2) is 41.9 Å². The zero-order valence-electron chi connectivity index (χ0n) is 13.4. The molecule has 5 nitrogen and oxygen atoms in total. The topological polar surface area (TPSA) is 75.4 Å².